The Labute approximate surface area is 204 Å². The number of amides is 1. The molecule has 4 aromatic rings. The summed E-state index contributed by atoms with van der Waals surface area (Å²) in [6.07, 6.45) is 2.34. The van der Waals surface area contributed by atoms with Gasteiger partial charge in [-0.3, -0.25) is 9.59 Å². The summed E-state index contributed by atoms with van der Waals surface area (Å²) in [5, 5.41) is 9.41. The topological polar surface area (TPSA) is 83.9 Å². The maximum atomic E-state index is 13.4. The van der Waals surface area contributed by atoms with Gasteiger partial charge < -0.3 is 14.0 Å². The molecule has 2 heterocycles. The highest BCUT2D eigenvalue weighted by atomic mass is 16.2. The molecule has 0 N–H and O–H groups in total. The molecule has 178 valence electrons. The lowest BCUT2D eigenvalue weighted by Crippen LogP contribution is -2.36. The van der Waals surface area contributed by atoms with Gasteiger partial charge >= 0.3 is 0 Å². The van der Waals surface area contributed by atoms with Gasteiger partial charge in [0.15, 0.2) is 0 Å². The lowest BCUT2D eigenvalue weighted by atomic mass is 9.99. The van der Waals surface area contributed by atoms with Crippen molar-refractivity contribution in [1.82, 2.24) is 19.0 Å². The summed E-state index contributed by atoms with van der Waals surface area (Å²) >= 11 is 0. The summed E-state index contributed by atoms with van der Waals surface area (Å²) in [6.45, 7) is 7.60. The Kier molecular flexibility index (Phi) is 7.11. The largest absolute Gasteiger partial charge is 0.342 e. The molecule has 0 saturated heterocycles. The molecule has 0 spiro atoms. The van der Waals surface area contributed by atoms with Crippen molar-refractivity contribution >= 4 is 16.9 Å². The highest BCUT2D eigenvalue weighted by molar-refractivity contribution is 5.78. The second-order valence-corrected chi connectivity index (χ2v) is 8.37. The average Bonchev–Trinajstić information content (AvgIpc) is 3.25. The lowest BCUT2D eigenvalue weighted by Gasteiger charge is -2.19. The number of pyridine rings is 1. The number of aryl methyl sites for hydroxylation is 1. The average molecular weight is 468 g/mol. The molecule has 0 radical (unpaired) electrons. The third-order valence-corrected chi connectivity index (χ3v) is 6.34. The smallest absolute Gasteiger partial charge is 0.277 e. The van der Waals surface area contributed by atoms with E-state index in [1.165, 1.54) is 4.57 Å². The van der Waals surface area contributed by atoms with Crippen molar-refractivity contribution in [1.29, 1.82) is 5.26 Å². The van der Waals surface area contributed by atoms with E-state index in [-0.39, 0.29) is 18.0 Å². The Morgan fingerprint density at radius 2 is 1.74 bits per heavy atom. The lowest BCUT2D eigenvalue weighted by molar-refractivity contribution is -0.131. The number of fused-ring (bicyclic) bond motifs is 1. The molecule has 0 bridgehead atoms. The summed E-state index contributed by atoms with van der Waals surface area (Å²) < 4.78 is 3.43. The van der Waals surface area contributed by atoms with E-state index >= 15 is 0 Å². The van der Waals surface area contributed by atoms with E-state index in [0.29, 0.717) is 42.7 Å². The summed E-state index contributed by atoms with van der Waals surface area (Å²) in [6, 6.07) is 19.6. The van der Waals surface area contributed by atoms with Crippen molar-refractivity contribution < 1.29 is 4.79 Å². The van der Waals surface area contributed by atoms with Crippen molar-refractivity contribution in [2.24, 2.45) is 0 Å². The quantitative estimate of drug-likeness (QED) is 0.388. The maximum absolute atomic E-state index is 13.4. The Hall–Kier alpha value is -4.18. The third-order valence-electron chi connectivity index (χ3n) is 6.34. The van der Waals surface area contributed by atoms with Crippen LogP contribution in [0.3, 0.4) is 0 Å². The van der Waals surface area contributed by atoms with Crippen LogP contribution in [-0.4, -0.2) is 38.0 Å². The fraction of sp³-hybridized carbons (Fsp3) is 0.286. The third kappa shape index (κ3) is 4.73. The fourth-order valence-corrected chi connectivity index (χ4v) is 4.42. The predicted molar refractivity (Wildman–Crippen MR) is 137 cm³/mol. The number of nitriles is 1. The van der Waals surface area contributed by atoms with Gasteiger partial charge in [0.1, 0.15) is 17.9 Å². The Bertz CT molecular complexity index is 1450. The first-order chi connectivity index (χ1) is 17.0. The summed E-state index contributed by atoms with van der Waals surface area (Å²) in [4.78, 5) is 32.4. The number of nitrogens with zero attached hydrogens (tertiary/aromatic N) is 5. The van der Waals surface area contributed by atoms with Gasteiger partial charge in [0, 0.05) is 32.3 Å². The molecule has 1 amide bonds. The van der Waals surface area contributed by atoms with Gasteiger partial charge in [-0.25, -0.2) is 4.98 Å². The first-order valence-corrected chi connectivity index (χ1v) is 11.9. The predicted octanol–water partition coefficient (Wildman–Crippen LogP) is 4.22. The highest BCUT2D eigenvalue weighted by Crippen LogP contribution is 2.24. The number of aromatic nitrogens is 3. The summed E-state index contributed by atoms with van der Waals surface area (Å²) in [5.41, 5.74) is 4.45. The number of rotatable bonds is 8. The fourth-order valence-electron chi connectivity index (χ4n) is 4.42. The van der Waals surface area contributed by atoms with Crippen LogP contribution in [0.15, 0.2) is 65.6 Å². The minimum absolute atomic E-state index is 0.0100. The van der Waals surface area contributed by atoms with Crippen LogP contribution in [0.25, 0.3) is 22.2 Å². The number of hydrogen-bond donors (Lipinski definition) is 0. The van der Waals surface area contributed by atoms with Crippen molar-refractivity contribution in [3.05, 3.63) is 88.1 Å². The number of likely N-dealkylation sites (N-methyl/N-ethyl adjacent to an activating group) is 1. The molecule has 35 heavy (non-hydrogen) atoms. The molecular formula is C28H29N5O2. The summed E-state index contributed by atoms with van der Waals surface area (Å²) in [5.74, 6) is 0.746. The number of imidazole rings is 1. The standard InChI is InChI=1S/C28H29N5O2/c1-4-25-30-24-15-16-32(19-26(34)31(5-2)6-3)28(35)27(24)33(25)18-20-11-13-21(14-12-20)23-10-8-7-9-22(23)17-29/h7-16H,4-6,18-19H2,1-3H3. The molecule has 0 fully saturated rings. The number of hydrogen-bond acceptors (Lipinski definition) is 4. The number of carbonyl (C=O) groups is 1. The van der Waals surface area contributed by atoms with Gasteiger partial charge in [-0.15, -0.1) is 0 Å². The molecular weight excluding hydrogens is 438 g/mol. The van der Waals surface area contributed by atoms with Crippen molar-refractivity contribution in [2.45, 2.75) is 40.3 Å². The zero-order valence-electron chi connectivity index (χ0n) is 20.4. The minimum Gasteiger partial charge on any atom is -0.342 e. The zero-order valence-corrected chi connectivity index (χ0v) is 20.4. The molecule has 7 nitrogen and oxygen atoms in total. The van der Waals surface area contributed by atoms with Gasteiger partial charge in [-0.1, -0.05) is 49.4 Å². The van der Waals surface area contributed by atoms with Crippen molar-refractivity contribution in [3.8, 4) is 17.2 Å². The molecule has 0 aliphatic rings. The number of benzene rings is 2. The van der Waals surface area contributed by atoms with Gasteiger partial charge in [0.05, 0.1) is 17.1 Å². The van der Waals surface area contributed by atoms with Crippen LogP contribution < -0.4 is 5.56 Å². The van der Waals surface area contributed by atoms with Crippen LogP contribution >= 0.6 is 0 Å². The van der Waals surface area contributed by atoms with Gasteiger partial charge in [-0.05, 0) is 42.7 Å². The molecule has 0 aliphatic heterocycles. The molecule has 7 heteroatoms. The van der Waals surface area contributed by atoms with E-state index in [1.807, 2.05) is 79.9 Å². The van der Waals surface area contributed by atoms with Crippen LogP contribution in [0, 0.1) is 11.3 Å². The van der Waals surface area contributed by atoms with Crippen LogP contribution in [0.5, 0.6) is 0 Å². The van der Waals surface area contributed by atoms with E-state index in [9.17, 15) is 14.9 Å². The second-order valence-electron chi connectivity index (χ2n) is 8.37. The first-order valence-electron chi connectivity index (χ1n) is 11.9. The molecule has 0 saturated carbocycles. The van der Waals surface area contributed by atoms with E-state index in [1.54, 1.807) is 11.1 Å². The molecule has 0 atom stereocenters. The molecule has 4 rings (SSSR count). The van der Waals surface area contributed by atoms with Crippen LogP contribution in [0.4, 0.5) is 0 Å². The van der Waals surface area contributed by atoms with E-state index in [2.05, 4.69) is 11.1 Å². The van der Waals surface area contributed by atoms with Crippen LogP contribution in [0.1, 0.15) is 37.7 Å². The summed E-state index contributed by atoms with van der Waals surface area (Å²) in [7, 11) is 0. The van der Waals surface area contributed by atoms with E-state index in [4.69, 9.17) is 0 Å². The van der Waals surface area contributed by atoms with Gasteiger partial charge in [0.2, 0.25) is 5.91 Å². The maximum Gasteiger partial charge on any atom is 0.277 e. The normalized spacial score (nSPS) is 10.9. The van der Waals surface area contributed by atoms with Gasteiger partial charge in [0.25, 0.3) is 5.56 Å². The van der Waals surface area contributed by atoms with Crippen molar-refractivity contribution in [3.63, 3.8) is 0 Å². The Morgan fingerprint density at radius 1 is 1.03 bits per heavy atom. The zero-order chi connectivity index (χ0) is 24.9. The van der Waals surface area contributed by atoms with Crippen LogP contribution in [-0.2, 0) is 24.3 Å². The second kappa shape index (κ2) is 10.4. The van der Waals surface area contributed by atoms with E-state index < -0.39 is 0 Å². The van der Waals surface area contributed by atoms with Crippen molar-refractivity contribution in [2.75, 3.05) is 13.1 Å². The molecule has 0 unspecified atom stereocenters. The molecule has 0 aliphatic carbocycles. The van der Waals surface area contributed by atoms with Gasteiger partial charge in [-0.2, -0.15) is 5.26 Å². The van der Waals surface area contributed by atoms with E-state index in [0.717, 1.165) is 22.5 Å². The highest BCUT2D eigenvalue weighted by Gasteiger charge is 2.17. The molecule has 2 aromatic carbocycles. The number of carbonyl (C=O) groups excluding carboxylic acids is 1. The monoisotopic (exact) mass is 467 g/mol. The Balaban J connectivity index is 1.69. The first kappa shape index (κ1) is 24.0. The SMILES string of the molecule is CCc1nc2ccn(CC(=O)N(CC)CC)c(=O)c2n1Cc1ccc(-c2ccccc2C#N)cc1. The minimum atomic E-state index is -0.213. The molecule has 2 aromatic heterocycles. The van der Waals surface area contributed by atoms with Crippen LogP contribution in [0.2, 0.25) is 0 Å². The Morgan fingerprint density at radius 3 is 2.40 bits per heavy atom.